The van der Waals surface area contributed by atoms with Crippen LogP contribution >= 0.6 is 0 Å². The molecule has 1 amide bonds. The summed E-state index contributed by atoms with van der Waals surface area (Å²) < 4.78 is 16.9. The minimum absolute atomic E-state index is 0.123. The number of carbonyl (C=O) groups excluding carboxylic acids is 2. The SMILES string of the molecule is CC1(C)[C@H](C(=O)OCc2ccccc2)N2C(=O)C(N)[C@H]2S1=O. The van der Waals surface area contributed by atoms with E-state index >= 15 is 0 Å². The summed E-state index contributed by atoms with van der Waals surface area (Å²) in [5.74, 6) is -0.879. The van der Waals surface area contributed by atoms with Crippen molar-refractivity contribution in [2.45, 2.75) is 42.7 Å². The lowest BCUT2D eigenvalue weighted by molar-refractivity contribution is -0.163. The molecule has 6 nitrogen and oxygen atoms in total. The van der Waals surface area contributed by atoms with E-state index in [0.717, 1.165) is 5.56 Å². The van der Waals surface area contributed by atoms with Crippen LogP contribution in [0, 0.1) is 0 Å². The maximum atomic E-state index is 12.5. The van der Waals surface area contributed by atoms with E-state index in [9.17, 15) is 13.8 Å². The molecule has 0 saturated carbocycles. The summed E-state index contributed by atoms with van der Waals surface area (Å²) in [7, 11) is -1.39. The Morgan fingerprint density at radius 3 is 2.64 bits per heavy atom. The summed E-state index contributed by atoms with van der Waals surface area (Å²) >= 11 is 0. The van der Waals surface area contributed by atoms with Crippen molar-refractivity contribution in [3.05, 3.63) is 35.9 Å². The summed E-state index contributed by atoms with van der Waals surface area (Å²) in [6.07, 6.45) is 0. The fourth-order valence-corrected chi connectivity index (χ4v) is 4.85. The molecule has 22 heavy (non-hydrogen) atoms. The van der Waals surface area contributed by atoms with Crippen molar-refractivity contribution in [3.63, 3.8) is 0 Å². The first-order chi connectivity index (χ1) is 10.4. The van der Waals surface area contributed by atoms with Gasteiger partial charge in [0.05, 0.1) is 15.5 Å². The molecule has 3 rings (SSSR count). The third-order valence-corrected chi connectivity index (χ3v) is 6.46. The number of fused-ring (bicyclic) bond motifs is 1. The summed E-state index contributed by atoms with van der Waals surface area (Å²) in [5, 5.41) is -0.586. The number of nitrogens with two attached hydrogens (primary N) is 1. The molecule has 2 aliphatic rings. The van der Waals surface area contributed by atoms with Crippen molar-refractivity contribution in [2.24, 2.45) is 5.73 Å². The second-order valence-corrected chi connectivity index (χ2v) is 8.19. The van der Waals surface area contributed by atoms with E-state index in [1.807, 2.05) is 30.3 Å². The monoisotopic (exact) mass is 322 g/mol. The van der Waals surface area contributed by atoms with Gasteiger partial charge in [-0.2, -0.15) is 0 Å². The van der Waals surface area contributed by atoms with Crippen LogP contribution in [0.4, 0.5) is 0 Å². The first kappa shape index (κ1) is 15.2. The van der Waals surface area contributed by atoms with Crippen molar-refractivity contribution in [2.75, 3.05) is 0 Å². The average molecular weight is 322 g/mol. The third-order valence-electron chi connectivity index (χ3n) is 4.24. The molecule has 118 valence electrons. The number of rotatable bonds is 3. The number of amides is 1. The van der Waals surface area contributed by atoms with E-state index in [2.05, 4.69) is 0 Å². The Bertz CT molecular complexity index is 646. The van der Waals surface area contributed by atoms with Crippen LogP contribution in [0.5, 0.6) is 0 Å². The zero-order valence-corrected chi connectivity index (χ0v) is 13.2. The fourth-order valence-electron chi connectivity index (χ4n) is 2.98. The van der Waals surface area contributed by atoms with E-state index < -0.39 is 39.0 Å². The van der Waals surface area contributed by atoms with E-state index in [1.165, 1.54) is 4.90 Å². The number of hydrogen-bond acceptors (Lipinski definition) is 5. The summed E-state index contributed by atoms with van der Waals surface area (Å²) in [6, 6.07) is 7.63. The molecule has 2 aliphatic heterocycles. The van der Waals surface area contributed by atoms with Gasteiger partial charge in [0, 0.05) is 0 Å². The molecule has 2 fully saturated rings. The van der Waals surface area contributed by atoms with Gasteiger partial charge in [-0.05, 0) is 19.4 Å². The lowest BCUT2D eigenvalue weighted by atomic mass is 9.96. The van der Waals surface area contributed by atoms with Crippen LogP contribution in [0.2, 0.25) is 0 Å². The van der Waals surface area contributed by atoms with Crippen LogP contribution in [0.15, 0.2) is 30.3 Å². The van der Waals surface area contributed by atoms with Crippen molar-refractivity contribution in [3.8, 4) is 0 Å². The first-order valence-electron chi connectivity index (χ1n) is 7.04. The number of carbonyl (C=O) groups is 2. The summed E-state index contributed by atoms with van der Waals surface area (Å²) in [4.78, 5) is 25.7. The van der Waals surface area contributed by atoms with Crippen LogP contribution in [0.25, 0.3) is 0 Å². The number of benzene rings is 1. The molecule has 1 aromatic rings. The van der Waals surface area contributed by atoms with Gasteiger partial charge in [-0.3, -0.25) is 9.00 Å². The highest BCUT2D eigenvalue weighted by atomic mass is 32.2. The number of esters is 1. The zero-order valence-electron chi connectivity index (χ0n) is 12.4. The van der Waals surface area contributed by atoms with Gasteiger partial charge in [0.2, 0.25) is 5.91 Å². The molecule has 2 heterocycles. The van der Waals surface area contributed by atoms with Crippen LogP contribution in [-0.4, -0.2) is 43.2 Å². The molecular formula is C15H18N2O4S. The Kier molecular flexibility index (Phi) is 3.57. The minimum Gasteiger partial charge on any atom is -0.459 e. The summed E-state index contributed by atoms with van der Waals surface area (Å²) in [5.41, 5.74) is 6.57. The molecular weight excluding hydrogens is 304 g/mol. The Morgan fingerprint density at radius 1 is 1.36 bits per heavy atom. The highest BCUT2D eigenvalue weighted by Crippen LogP contribution is 2.43. The largest absolute Gasteiger partial charge is 0.459 e. The van der Waals surface area contributed by atoms with E-state index in [4.69, 9.17) is 10.5 Å². The molecule has 1 aromatic carbocycles. The van der Waals surface area contributed by atoms with Crippen molar-refractivity contribution < 1.29 is 18.5 Å². The van der Waals surface area contributed by atoms with Gasteiger partial charge in [-0.15, -0.1) is 0 Å². The van der Waals surface area contributed by atoms with Crippen molar-refractivity contribution >= 4 is 22.7 Å². The van der Waals surface area contributed by atoms with Crippen LogP contribution < -0.4 is 5.73 Å². The molecule has 2 unspecified atom stereocenters. The Hall–Kier alpha value is -1.73. The molecule has 0 bridgehead atoms. The van der Waals surface area contributed by atoms with Gasteiger partial charge in [0.15, 0.2) is 0 Å². The number of nitrogens with zero attached hydrogens (tertiary/aromatic N) is 1. The van der Waals surface area contributed by atoms with Gasteiger partial charge in [-0.1, -0.05) is 30.3 Å². The Balaban J connectivity index is 1.77. The predicted octanol–water partition coefficient (Wildman–Crippen LogP) is 0.135. The zero-order chi connectivity index (χ0) is 16.1. The molecule has 4 atom stereocenters. The minimum atomic E-state index is -1.39. The highest BCUT2D eigenvalue weighted by Gasteiger charge is 2.67. The topological polar surface area (TPSA) is 89.7 Å². The second kappa shape index (κ2) is 5.17. The Labute approximate surface area is 131 Å². The number of hydrogen-bond donors (Lipinski definition) is 1. The maximum absolute atomic E-state index is 12.5. The fraction of sp³-hybridized carbons (Fsp3) is 0.467. The third kappa shape index (κ3) is 2.07. The Morgan fingerprint density at radius 2 is 2.00 bits per heavy atom. The molecule has 2 N–H and O–H groups in total. The maximum Gasteiger partial charge on any atom is 0.330 e. The molecule has 0 radical (unpaired) electrons. The van der Waals surface area contributed by atoms with E-state index in [-0.39, 0.29) is 12.5 Å². The lowest BCUT2D eigenvalue weighted by Crippen LogP contribution is -2.69. The summed E-state index contributed by atoms with van der Waals surface area (Å²) in [6.45, 7) is 3.53. The average Bonchev–Trinajstić information content (AvgIpc) is 2.70. The molecule has 0 spiro atoms. The van der Waals surface area contributed by atoms with Gasteiger partial charge < -0.3 is 15.4 Å². The number of ether oxygens (including phenoxy) is 1. The van der Waals surface area contributed by atoms with E-state index in [1.54, 1.807) is 13.8 Å². The molecule has 0 aromatic heterocycles. The molecule has 0 aliphatic carbocycles. The first-order valence-corrected chi connectivity index (χ1v) is 8.26. The van der Waals surface area contributed by atoms with Gasteiger partial charge in [0.1, 0.15) is 24.1 Å². The quantitative estimate of drug-likeness (QED) is 0.631. The van der Waals surface area contributed by atoms with Gasteiger partial charge in [0.25, 0.3) is 0 Å². The van der Waals surface area contributed by atoms with Crippen molar-refractivity contribution in [1.82, 2.24) is 4.90 Å². The second-order valence-electron chi connectivity index (χ2n) is 6.06. The predicted molar refractivity (Wildman–Crippen MR) is 80.9 cm³/mol. The highest BCUT2D eigenvalue weighted by molar-refractivity contribution is 7.87. The van der Waals surface area contributed by atoms with Crippen molar-refractivity contribution in [1.29, 1.82) is 0 Å². The van der Waals surface area contributed by atoms with Gasteiger partial charge in [-0.25, -0.2) is 4.79 Å². The standard InChI is InChI=1S/C15H18N2O4S/c1-15(2)11(17-12(18)10(16)13(17)22(15)20)14(19)21-8-9-6-4-3-5-7-9/h3-7,10-11,13H,8,16H2,1-2H3/t10?,11-,13+,22?/m0/s1. The van der Waals surface area contributed by atoms with Crippen LogP contribution in [0.3, 0.4) is 0 Å². The van der Waals surface area contributed by atoms with Crippen LogP contribution in [0.1, 0.15) is 19.4 Å². The van der Waals surface area contributed by atoms with E-state index in [0.29, 0.717) is 0 Å². The number of β-lactam (4-membered cyclic amide) rings is 1. The lowest BCUT2D eigenvalue weighted by Gasteiger charge is -2.41. The normalized spacial score (nSPS) is 32.3. The van der Waals surface area contributed by atoms with Gasteiger partial charge >= 0.3 is 5.97 Å². The smallest absolute Gasteiger partial charge is 0.330 e. The molecule has 2 saturated heterocycles. The molecule has 7 heteroatoms. The van der Waals surface area contributed by atoms with Crippen LogP contribution in [-0.2, 0) is 31.7 Å².